The summed E-state index contributed by atoms with van der Waals surface area (Å²) >= 11 is 1.06. The van der Waals surface area contributed by atoms with Crippen molar-refractivity contribution in [3.8, 4) is 5.69 Å². The number of nitrogens with zero attached hydrogens (tertiary/aromatic N) is 2. The Bertz CT molecular complexity index is 1660. The summed E-state index contributed by atoms with van der Waals surface area (Å²) in [5, 5.41) is 16.2. The predicted molar refractivity (Wildman–Crippen MR) is 151 cm³/mol. The molecule has 11 heteroatoms. The summed E-state index contributed by atoms with van der Waals surface area (Å²) in [7, 11) is 0. The fraction of sp³-hybridized carbons (Fsp3) is 0.276. The number of likely N-dealkylation sites (tertiary alicyclic amines) is 1. The van der Waals surface area contributed by atoms with Crippen molar-refractivity contribution in [2.45, 2.75) is 39.3 Å². The zero-order valence-corrected chi connectivity index (χ0v) is 22.9. The van der Waals surface area contributed by atoms with E-state index in [2.05, 4.69) is 10.6 Å². The van der Waals surface area contributed by atoms with Gasteiger partial charge in [0.2, 0.25) is 0 Å². The smallest absolute Gasteiger partial charge is 0.407 e. The van der Waals surface area contributed by atoms with E-state index in [1.165, 1.54) is 21.6 Å². The van der Waals surface area contributed by atoms with E-state index in [0.29, 0.717) is 22.3 Å². The molecule has 2 aromatic carbocycles. The number of fused-ring (bicyclic) bond motifs is 1. The second kappa shape index (κ2) is 10.4. The highest BCUT2D eigenvalue weighted by molar-refractivity contribution is 7.21. The van der Waals surface area contributed by atoms with E-state index in [9.17, 15) is 28.3 Å². The Morgan fingerprint density at radius 1 is 1.05 bits per heavy atom. The van der Waals surface area contributed by atoms with Gasteiger partial charge in [0.15, 0.2) is 0 Å². The van der Waals surface area contributed by atoms with Crippen molar-refractivity contribution in [2.24, 2.45) is 5.41 Å². The number of thiophene rings is 1. The molecule has 1 fully saturated rings. The van der Waals surface area contributed by atoms with Gasteiger partial charge in [0.1, 0.15) is 21.3 Å². The van der Waals surface area contributed by atoms with Gasteiger partial charge >= 0.3 is 6.09 Å². The Kier molecular flexibility index (Phi) is 7.09. The molecule has 40 heavy (non-hydrogen) atoms. The Labute approximate surface area is 232 Å². The molecule has 0 aliphatic carbocycles. The van der Waals surface area contributed by atoms with E-state index >= 15 is 0 Å². The monoisotopic (exact) mass is 566 g/mol. The van der Waals surface area contributed by atoms with E-state index in [-0.39, 0.29) is 28.4 Å². The Morgan fingerprint density at radius 2 is 1.77 bits per heavy atom. The molecule has 4 aromatic rings. The molecule has 0 spiro atoms. The number of aromatic nitrogens is 1. The number of carbonyl (C=O) groups excluding carboxylic acids is 1. The van der Waals surface area contributed by atoms with Gasteiger partial charge in [-0.1, -0.05) is 39.0 Å². The number of hydrogen-bond donors (Lipinski definition) is 3. The van der Waals surface area contributed by atoms with Crippen LogP contribution in [0, 0.1) is 17.0 Å². The molecule has 8 nitrogen and oxygen atoms in total. The van der Waals surface area contributed by atoms with Gasteiger partial charge in [-0.3, -0.25) is 14.2 Å². The van der Waals surface area contributed by atoms with Crippen molar-refractivity contribution < 1.29 is 23.5 Å². The molecule has 0 saturated carbocycles. The van der Waals surface area contributed by atoms with Crippen LogP contribution in [0.15, 0.2) is 65.5 Å². The second-order valence-electron chi connectivity index (χ2n) is 10.8. The van der Waals surface area contributed by atoms with Gasteiger partial charge in [-0.05, 0) is 42.2 Å². The lowest BCUT2D eigenvalue weighted by Crippen LogP contribution is -2.52. The molecule has 2 atom stereocenters. The van der Waals surface area contributed by atoms with Crippen molar-refractivity contribution in [3.63, 3.8) is 0 Å². The van der Waals surface area contributed by atoms with E-state index < -0.39 is 41.1 Å². The molecule has 1 aliphatic rings. The summed E-state index contributed by atoms with van der Waals surface area (Å²) in [6.07, 6.45) is -0.630. The van der Waals surface area contributed by atoms with Crippen LogP contribution in [0.3, 0.4) is 0 Å². The van der Waals surface area contributed by atoms with Crippen LogP contribution >= 0.6 is 11.3 Å². The summed E-state index contributed by atoms with van der Waals surface area (Å²) in [6.45, 7) is 6.02. The Morgan fingerprint density at radius 3 is 2.42 bits per heavy atom. The van der Waals surface area contributed by atoms with Crippen LogP contribution in [0.25, 0.3) is 15.9 Å². The van der Waals surface area contributed by atoms with E-state index in [1.807, 2.05) is 26.8 Å². The minimum Gasteiger partial charge on any atom is -0.465 e. The maximum absolute atomic E-state index is 14.7. The fourth-order valence-corrected chi connectivity index (χ4v) is 6.55. The maximum Gasteiger partial charge on any atom is 0.407 e. The van der Waals surface area contributed by atoms with Crippen molar-refractivity contribution in [3.05, 3.63) is 87.5 Å². The second-order valence-corrected chi connectivity index (χ2v) is 11.8. The lowest BCUT2D eigenvalue weighted by atomic mass is 9.82. The summed E-state index contributed by atoms with van der Waals surface area (Å²) in [4.78, 5) is 40.7. The number of hydrogen-bond acceptors (Lipinski definition) is 5. The lowest BCUT2D eigenvalue weighted by Gasteiger charge is -2.37. The quantitative estimate of drug-likeness (QED) is 0.276. The van der Waals surface area contributed by atoms with Crippen LogP contribution in [0.4, 0.5) is 25.0 Å². The molecular weight excluding hydrogens is 538 g/mol. The highest BCUT2D eigenvalue weighted by atomic mass is 32.1. The number of pyridine rings is 1. The summed E-state index contributed by atoms with van der Waals surface area (Å²) < 4.78 is 29.8. The van der Waals surface area contributed by atoms with E-state index in [4.69, 9.17) is 0 Å². The topological polar surface area (TPSA) is 104 Å². The number of carbonyl (C=O) groups is 2. The summed E-state index contributed by atoms with van der Waals surface area (Å²) in [5.41, 5.74) is 0.0313. The van der Waals surface area contributed by atoms with Gasteiger partial charge in [0.05, 0.1) is 29.1 Å². The van der Waals surface area contributed by atoms with Gasteiger partial charge in [-0.2, -0.15) is 0 Å². The Hall–Kier alpha value is -4.25. The zero-order valence-electron chi connectivity index (χ0n) is 22.1. The molecule has 1 aliphatic heterocycles. The number of anilines is 2. The van der Waals surface area contributed by atoms with E-state index in [1.54, 1.807) is 30.3 Å². The van der Waals surface area contributed by atoms with Crippen LogP contribution in [-0.2, 0) is 0 Å². The molecule has 5 rings (SSSR count). The van der Waals surface area contributed by atoms with Gasteiger partial charge in [0, 0.05) is 24.1 Å². The first-order valence-electron chi connectivity index (χ1n) is 12.7. The van der Waals surface area contributed by atoms with Crippen LogP contribution in [0.1, 0.15) is 36.9 Å². The van der Waals surface area contributed by atoms with Crippen LogP contribution in [-0.4, -0.2) is 45.2 Å². The lowest BCUT2D eigenvalue weighted by molar-refractivity contribution is 0.0830. The average Bonchev–Trinajstić information content (AvgIpc) is 3.48. The highest BCUT2D eigenvalue weighted by Gasteiger charge is 2.45. The summed E-state index contributed by atoms with van der Waals surface area (Å²) in [6, 6.07) is 14.0. The molecule has 0 bridgehead atoms. The largest absolute Gasteiger partial charge is 0.465 e. The highest BCUT2D eigenvalue weighted by Crippen LogP contribution is 2.39. The average molecular weight is 567 g/mol. The van der Waals surface area contributed by atoms with Crippen LogP contribution in [0.2, 0.25) is 0 Å². The Balaban J connectivity index is 1.63. The van der Waals surface area contributed by atoms with Crippen molar-refractivity contribution in [1.29, 1.82) is 0 Å². The minimum absolute atomic E-state index is 0.0434. The molecule has 0 radical (unpaired) electrons. The molecule has 3 N–H and O–H groups in total. The molecule has 1 saturated heterocycles. The SMILES string of the molecule is CC(C)(C)C1[C@@H](NC(=O)c2sc3c(ccc(=O)n3-c3ccccc3)c2Nc2ccc(F)cc2F)CCN1C(=O)O. The van der Waals surface area contributed by atoms with Gasteiger partial charge < -0.3 is 20.6 Å². The van der Waals surface area contributed by atoms with Crippen molar-refractivity contribution >= 4 is 44.9 Å². The molecule has 3 heterocycles. The molecule has 1 unspecified atom stereocenters. The fourth-order valence-electron chi connectivity index (χ4n) is 5.38. The zero-order chi connectivity index (χ0) is 28.8. The normalized spacial score (nSPS) is 17.3. The van der Waals surface area contributed by atoms with Crippen LogP contribution < -0.4 is 16.2 Å². The number of para-hydroxylation sites is 1. The molecular formula is C29H28F2N4O4S. The third-order valence-electron chi connectivity index (χ3n) is 7.00. The number of halogens is 2. The number of amides is 2. The third kappa shape index (κ3) is 5.04. The minimum atomic E-state index is -1.06. The third-order valence-corrected chi connectivity index (χ3v) is 8.19. The summed E-state index contributed by atoms with van der Waals surface area (Å²) in [5.74, 6) is -2.08. The predicted octanol–water partition coefficient (Wildman–Crippen LogP) is 5.97. The number of rotatable bonds is 5. The van der Waals surface area contributed by atoms with Crippen molar-refractivity contribution in [1.82, 2.24) is 14.8 Å². The van der Waals surface area contributed by atoms with Gasteiger partial charge in [-0.15, -0.1) is 11.3 Å². The number of carboxylic acid groups (broad SMARTS) is 1. The van der Waals surface area contributed by atoms with Crippen LogP contribution in [0.5, 0.6) is 0 Å². The van der Waals surface area contributed by atoms with Gasteiger partial charge in [-0.25, -0.2) is 13.6 Å². The van der Waals surface area contributed by atoms with Gasteiger partial charge in [0.25, 0.3) is 11.5 Å². The first-order chi connectivity index (χ1) is 19.0. The molecule has 208 valence electrons. The number of benzene rings is 2. The van der Waals surface area contributed by atoms with Crippen molar-refractivity contribution in [2.75, 3.05) is 11.9 Å². The first-order valence-corrected chi connectivity index (χ1v) is 13.5. The number of nitrogens with one attached hydrogen (secondary N) is 2. The molecule has 2 amide bonds. The van der Waals surface area contributed by atoms with E-state index in [0.717, 1.165) is 23.5 Å². The standard InChI is InChI=1S/C29H28F2N4O4S/c1-29(2,3)25-21(13-14-34(25)28(38)39)33-26(37)24-23(32-20-11-9-16(30)15-19(20)31)18-10-12-22(36)35(27(18)40-24)17-7-5-4-6-8-17/h4-12,15,21,25,32H,13-14H2,1-3H3,(H,33,37)(H,38,39)/t21-,25?/m0/s1. The maximum atomic E-state index is 14.7. The molecule has 2 aromatic heterocycles. The first kappa shape index (κ1) is 27.3.